The predicted octanol–water partition coefficient (Wildman–Crippen LogP) is 5.02. The molecule has 0 spiro atoms. The van der Waals surface area contributed by atoms with Crippen molar-refractivity contribution in [1.29, 1.82) is 0 Å². The van der Waals surface area contributed by atoms with Gasteiger partial charge in [0.25, 0.3) is 5.91 Å². The number of anilines is 1. The van der Waals surface area contributed by atoms with E-state index in [1.807, 2.05) is 76.4 Å². The van der Waals surface area contributed by atoms with Crippen molar-refractivity contribution in [2.24, 2.45) is 0 Å². The predicted molar refractivity (Wildman–Crippen MR) is 145 cm³/mol. The van der Waals surface area contributed by atoms with Gasteiger partial charge in [-0.25, -0.2) is 14.6 Å². The Bertz CT molecular complexity index is 1550. The van der Waals surface area contributed by atoms with Crippen molar-refractivity contribution < 1.29 is 4.79 Å². The molecular formula is C29H25ClN6O. The third-order valence-corrected chi connectivity index (χ3v) is 6.83. The van der Waals surface area contributed by atoms with E-state index in [2.05, 4.69) is 22.1 Å². The number of rotatable bonds is 5. The highest BCUT2D eigenvalue weighted by molar-refractivity contribution is 6.30. The minimum absolute atomic E-state index is 0.00310. The molecule has 1 aliphatic heterocycles. The topological polar surface area (TPSA) is 67.2 Å². The van der Waals surface area contributed by atoms with Gasteiger partial charge in [0.05, 0.1) is 17.3 Å². The van der Waals surface area contributed by atoms with E-state index in [1.54, 1.807) is 12.1 Å². The van der Waals surface area contributed by atoms with E-state index in [-0.39, 0.29) is 5.91 Å². The fourth-order valence-electron chi connectivity index (χ4n) is 4.72. The van der Waals surface area contributed by atoms with Crippen LogP contribution >= 0.6 is 11.6 Å². The molecule has 0 saturated carbocycles. The summed E-state index contributed by atoms with van der Waals surface area (Å²) in [6.45, 7) is 2.52. The summed E-state index contributed by atoms with van der Waals surface area (Å²) in [5, 5.41) is 6.13. The van der Waals surface area contributed by atoms with Gasteiger partial charge in [-0.1, -0.05) is 66.2 Å². The third kappa shape index (κ3) is 4.78. The number of piperazine rings is 1. The van der Waals surface area contributed by atoms with Gasteiger partial charge in [0.2, 0.25) is 0 Å². The number of hydrogen-bond donors (Lipinski definition) is 0. The van der Waals surface area contributed by atoms with E-state index < -0.39 is 0 Å². The number of halogens is 1. The Morgan fingerprint density at radius 3 is 2.30 bits per heavy atom. The van der Waals surface area contributed by atoms with Crippen LogP contribution in [0.15, 0.2) is 91.1 Å². The highest BCUT2D eigenvalue weighted by atomic mass is 35.5. The third-order valence-electron chi connectivity index (χ3n) is 6.60. The van der Waals surface area contributed by atoms with Crippen molar-refractivity contribution in [3.8, 4) is 5.69 Å². The quantitative estimate of drug-likeness (QED) is 0.333. The molecule has 1 aliphatic rings. The van der Waals surface area contributed by atoms with Gasteiger partial charge in [0.1, 0.15) is 11.6 Å². The fourth-order valence-corrected chi connectivity index (χ4v) is 4.91. The molecule has 0 bridgehead atoms. The first kappa shape index (κ1) is 23.2. The highest BCUT2D eigenvalue weighted by Gasteiger charge is 2.26. The van der Waals surface area contributed by atoms with E-state index in [0.717, 1.165) is 33.9 Å². The second-order valence-corrected chi connectivity index (χ2v) is 9.48. The van der Waals surface area contributed by atoms with Gasteiger partial charge in [-0.05, 0) is 35.9 Å². The van der Waals surface area contributed by atoms with Gasteiger partial charge in [-0.3, -0.25) is 4.79 Å². The van der Waals surface area contributed by atoms with Gasteiger partial charge in [0, 0.05) is 43.2 Å². The highest BCUT2D eigenvalue weighted by Crippen LogP contribution is 2.28. The number of carbonyl (C=O) groups excluding carboxylic acids is 1. The lowest BCUT2D eigenvalue weighted by Crippen LogP contribution is -2.49. The first-order chi connectivity index (χ1) is 18.2. The number of amides is 1. The molecule has 8 heteroatoms. The number of aromatic nitrogens is 4. The Hall–Kier alpha value is -4.23. The van der Waals surface area contributed by atoms with Crippen LogP contribution in [-0.4, -0.2) is 56.7 Å². The maximum atomic E-state index is 13.0. The molecule has 0 atom stereocenters. The number of benzene rings is 3. The van der Waals surface area contributed by atoms with Crippen molar-refractivity contribution in [2.45, 2.75) is 6.42 Å². The molecule has 37 heavy (non-hydrogen) atoms. The van der Waals surface area contributed by atoms with E-state index in [1.165, 1.54) is 0 Å². The maximum absolute atomic E-state index is 13.0. The first-order valence-corrected chi connectivity index (χ1v) is 12.7. The molecule has 5 aromatic rings. The summed E-state index contributed by atoms with van der Waals surface area (Å²) in [6.07, 6.45) is 2.46. The molecule has 1 saturated heterocycles. The number of carbonyl (C=O) groups is 1. The van der Waals surface area contributed by atoms with E-state index in [4.69, 9.17) is 21.6 Å². The van der Waals surface area contributed by atoms with E-state index in [0.29, 0.717) is 43.2 Å². The molecule has 7 nitrogen and oxygen atoms in total. The van der Waals surface area contributed by atoms with Crippen molar-refractivity contribution in [1.82, 2.24) is 24.6 Å². The van der Waals surface area contributed by atoms with Crippen LogP contribution in [0.25, 0.3) is 16.7 Å². The molecule has 1 fully saturated rings. The summed E-state index contributed by atoms with van der Waals surface area (Å²) in [5.41, 5.74) is 3.49. The molecule has 6 rings (SSSR count). The Morgan fingerprint density at radius 1 is 0.838 bits per heavy atom. The Balaban J connectivity index is 1.32. The van der Waals surface area contributed by atoms with Crippen molar-refractivity contribution >= 4 is 34.4 Å². The molecule has 2 aromatic heterocycles. The second kappa shape index (κ2) is 10.0. The van der Waals surface area contributed by atoms with E-state index in [9.17, 15) is 4.79 Å². The zero-order valence-corrected chi connectivity index (χ0v) is 20.9. The van der Waals surface area contributed by atoms with Gasteiger partial charge < -0.3 is 9.80 Å². The lowest BCUT2D eigenvalue weighted by Gasteiger charge is -2.35. The van der Waals surface area contributed by atoms with Crippen molar-refractivity contribution in [3.63, 3.8) is 0 Å². The van der Waals surface area contributed by atoms with Gasteiger partial charge >= 0.3 is 0 Å². The zero-order chi connectivity index (χ0) is 25.2. The summed E-state index contributed by atoms with van der Waals surface area (Å²) in [4.78, 5) is 27.1. The molecule has 3 heterocycles. The van der Waals surface area contributed by atoms with Gasteiger partial charge in [-0.15, -0.1) is 0 Å². The summed E-state index contributed by atoms with van der Waals surface area (Å²) in [7, 11) is 0. The van der Waals surface area contributed by atoms with Crippen LogP contribution in [0.5, 0.6) is 0 Å². The summed E-state index contributed by atoms with van der Waals surface area (Å²) < 4.78 is 1.87. The normalized spacial score (nSPS) is 13.8. The smallest absolute Gasteiger partial charge is 0.254 e. The SMILES string of the molecule is O=C(c1cccc(Cl)c1)N1CCN(c2nc(Cc3ccccc3)nc3c2cnn3-c2ccccc2)CC1. The van der Waals surface area contributed by atoms with Crippen LogP contribution in [0.1, 0.15) is 21.7 Å². The lowest BCUT2D eigenvalue weighted by molar-refractivity contribution is 0.0746. The average molecular weight is 509 g/mol. The van der Waals surface area contributed by atoms with Gasteiger partial charge in [-0.2, -0.15) is 5.10 Å². The van der Waals surface area contributed by atoms with Crippen LogP contribution in [-0.2, 0) is 6.42 Å². The molecular weight excluding hydrogens is 484 g/mol. The molecule has 1 amide bonds. The van der Waals surface area contributed by atoms with E-state index >= 15 is 0 Å². The average Bonchev–Trinajstić information content (AvgIpc) is 3.37. The molecule has 0 aliphatic carbocycles. The zero-order valence-electron chi connectivity index (χ0n) is 20.2. The maximum Gasteiger partial charge on any atom is 0.254 e. The molecule has 0 N–H and O–H groups in total. The minimum Gasteiger partial charge on any atom is -0.352 e. The largest absolute Gasteiger partial charge is 0.352 e. The minimum atomic E-state index is -0.00310. The Morgan fingerprint density at radius 2 is 1.57 bits per heavy atom. The lowest BCUT2D eigenvalue weighted by atomic mass is 10.1. The fraction of sp³-hybridized carbons (Fsp3) is 0.172. The summed E-state index contributed by atoms with van der Waals surface area (Å²) in [6, 6.07) is 27.4. The summed E-state index contributed by atoms with van der Waals surface area (Å²) in [5.74, 6) is 1.59. The Kier molecular flexibility index (Phi) is 6.28. The Labute approximate surface area is 219 Å². The monoisotopic (exact) mass is 508 g/mol. The number of hydrogen-bond acceptors (Lipinski definition) is 5. The number of nitrogens with zero attached hydrogens (tertiary/aromatic N) is 6. The van der Waals surface area contributed by atoms with Crippen LogP contribution in [0.3, 0.4) is 0 Å². The standard InChI is InChI=1S/C29H25ClN6O/c30-23-11-7-10-22(19-23)29(37)35-16-14-34(15-17-35)27-25-20-31-36(24-12-5-2-6-13-24)28(25)33-26(32-27)18-21-8-3-1-4-9-21/h1-13,19-20H,14-18H2. The first-order valence-electron chi connectivity index (χ1n) is 12.3. The number of para-hydroxylation sites is 1. The van der Waals surface area contributed by atoms with Crippen molar-refractivity contribution in [3.05, 3.63) is 113 Å². The molecule has 3 aromatic carbocycles. The summed E-state index contributed by atoms with van der Waals surface area (Å²) >= 11 is 6.10. The van der Waals surface area contributed by atoms with Crippen molar-refractivity contribution in [2.75, 3.05) is 31.1 Å². The second-order valence-electron chi connectivity index (χ2n) is 9.04. The van der Waals surface area contributed by atoms with Gasteiger partial charge in [0.15, 0.2) is 5.65 Å². The van der Waals surface area contributed by atoms with Crippen LogP contribution in [0.4, 0.5) is 5.82 Å². The molecule has 184 valence electrons. The van der Waals surface area contributed by atoms with Crippen LogP contribution in [0.2, 0.25) is 5.02 Å². The molecule has 0 unspecified atom stereocenters. The van der Waals surface area contributed by atoms with Crippen LogP contribution < -0.4 is 4.90 Å². The number of fused-ring (bicyclic) bond motifs is 1. The molecule has 0 radical (unpaired) electrons. The van der Waals surface area contributed by atoms with Crippen LogP contribution in [0, 0.1) is 0 Å².